The van der Waals surface area contributed by atoms with Crippen molar-refractivity contribution >= 4 is 27.3 Å². The fraction of sp³-hybridized carbons (Fsp3) is 0.350. The zero-order chi connectivity index (χ0) is 22.5. The van der Waals surface area contributed by atoms with Crippen LogP contribution < -0.4 is 14.4 Å². The number of carbonyl (C=O) groups excluding carboxylic acids is 1. The number of hydrogen-bond acceptors (Lipinski definition) is 6. The number of sulfonamides is 1. The minimum absolute atomic E-state index is 0.0459. The average Bonchev–Trinajstić information content (AvgIpc) is 2.66. The molecule has 0 aliphatic heterocycles. The van der Waals surface area contributed by atoms with Crippen LogP contribution in [0.2, 0.25) is 0 Å². The number of amides is 1. The number of ether oxygens (including phenoxy) is 1. The maximum atomic E-state index is 12.6. The predicted octanol–water partition coefficient (Wildman–Crippen LogP) is 2.85. The zero-order valence-electron chi connectivity index (χ0n) is 17.2. The maximum Gasteiger partial charge on any atom is 0.271 e. The summed E-state index contributed by atoms with van der Waals surface area (Å²) in [6, 6.07) is 11.2. The topological polar surface area (TPSA) is 119 Å². The zero-order valence-corrected chi connectivity index (χ0v) is 18.0. The van der Waals surface area contributed by atoms with Crippen LogP contribution >= 0.6 is 0 Å². The first kappa shape index (κ1) is 23.1. The van der Waals surface area contributed by atoms with Gasteiger partial charge in [0.2, 0.25) is 15.9 Å². The molecule has 162 valence electrons. The lowest BCUT2D eigenvalue weighted by Crippen LogP contribution is -2.47. The van der Waals surface area contributed by atoms with Gasteiger partial charge in [0.25, 0.3) is 5.69 Å². The molecule has 0 unspecified atom stereocenters. The van der Waals surface area contributed by atoms with E-state index in [1.807, 2.05) is 13.8 Å². The standard InChI is InChI=1S/C20H25N3O6S/c1-14(2)29-19-10-8-16(9-11-19)13-21-20(24)15(3)22(30(4,27)28)17-6-5-7-18(12-17)23(25)26/h5-12,14-15H,13H2,1-4H3,(H,21,24)/t15-/m1/s1. The summed E-state index contributed by atoms with van der Waals surface area (Å²) in [6.07, 6.45) is 0.996. The first-order valence-corrected chi connectivity index (χ1v) is 11.1. The summed E-state index contributed by atoms with van der Waals surface area (Å²) in [6.45, 7) is 5.46. The minimum atomic E-state index is -3.87. The Morgan fingerprint density at radius 2 is 1.80 bits per heavy atom. The largest absolute Gasteiger partial charge is 0.491 e. The van der Waals surface area contributed by atoms with E-state index in [9.17, 15) is 23.3 Å². The Labute approximate surface area is 175 Å². The van der Waals surface area contributed by atoms with Crippen molar-refractivity contribution in [3.63, 3.8) is 0 Å². The molecule has 1 atom stereocenters. The molecular weight excluding hydrogens is 410 g/mol. The number of nitrogens with zero attached hydrogens (tertiary/aromatic N) is 2. The molecule has 0 aliphatic rings. The van der Waals surface area contributed by atoms with Crippen molar-refractivity contribution in [2.24, 2.45) is 0 Å². The molecule has 0 saturated heterocycles. The number of anilines is 1. The highest BCUT2D eigenvalue weighted by Gasteiger charge is 2.29. The SMILES string of the molecule is CC(C)Oc1ccc(CNC(=O)[C@@H](C)N(c2cccc([N+](=O)[O-])c2)S(C)(=O)=O)cc1. The van der Waals surface area contributed by atoms with E-state index in [0.29, 0.717) is 5.75 Å². The van der Waals surface area contributed by atoms with Gasteiger partial charge in [-0.05, 0) is 44.5 Å². The Bertz CT molecular complexity index is 1010. The molecule has 9 nitrogen and oxygen atoms in total. The first-order valence-electron chi connectivity index (χ1n) is 9.26. The van der Waals surface area contributed by atoms with Crippen LogP contribution in [0.3, 0.4) is 0 Å². The Balaban J connectivity index is 2.14. The van der Waals surface area contributed by atoms with Crippen molar-refractivity contribution in [2.45, 2.75) is 39.5 Å². The van der Waals surface area contributed by atoms with Crippen LogP contribution in [-0.4, -0.2) is 37.6 Å². The van der Waals surface area contributed by atoms with Crippen LogP contribution in [0.4, 0.5) is 11.4 Å². The van der Waals surface area contributed by atoms with Crippen LogP contribution in [0.15, 0.2) is 48.5 Å². The van der Waals surface area contributed by atoms with Gasteiger partial charge in [-0.2, -0.15) is 0 Å². The molecule has 0 aliphatic carbocycles. The number of rotatable bonds is 9. The summed E-state index contributed by atoms with van der Waals surface area (Å²) in [5.41, 5.74) is 0.593. The fourth-order valence-electron chi connectivity index (χ4n) is 2.85. The highest BCUT2D eigenvalue weighted by molar-refractivity contribution is 7.92. The number of carbonyl (C=O) groups is 1. The van der Waals surface area contributed by atoms with Gasteiger partial charge in [-0.25, -0.2) is 8.42 Å². The number of benzene rings is 2. The summed E-state index contributed by atoms with van der Waals surface area (Å²) in [7, 11) is -3.87. The number of non-ortho nitro benzene ring substituents is 1. The summed E-state index contributed by atoms with van der Waals surface area (Å²) < 4.78 is 31.1. The molecule has 0 spiro atoms. The van der Waals surface area contributed by atoms with Crippen LogP contribution in [-0.2, 0) is 21.4 Å². The van der Waals surface area contributed by atoms with E-state index >= 15 is 0 Å². The van der Waals surface area contributed by atoms with Crippen LogP contribution in [0.25, 0.3) is 0 Å². The molecule has 0 bridgehead atoms. The van der Waals surface area contributed by atoms with Crippen LogP contribution in [0, 0.1) is 10.1 Å². The van der Waals surface area contributed by atoms with E-state index < -0.39 is 26.9 Å². The second kappa shape index (κ2) is 9.57. The summed E-state index contributed by atoms with van der Waals surface area (Å²) >= 11 is 0. The highest BCUT2D eigenvalue weighted by Crippen LogP contribution is 2.25. The van der Waals surface area contributed by atoms with Crippen LogP contribution in [0.1, 0.15) is 26.3 Å². The Kier molecular flexibility index (Phi) is 7.38. The van der Waals surface area contributed by atoms with E-state index in [2.05, 4.69) is 5.32 Å². The molecule has 0 aromatic heterocycles. The normalized spacial score (nSPS) is 12.3. The quantitative estimate of drug-likeness (QED) is 0.478. The molecule has 1 N–H and O–H groups in total. The van der Waals surface area contributed by atoms with E-state index in [4.69, 9.17) is 4.74 Å². The van der Waals surface area contributed by atoms with Gasteiger partial charge >= 0.3 is 0 Å². The van der Waals surface area contributed by atoms with E-state index in [1.54, 1.807) is 24.3 Å². The van der Waals surface area contributed by atoms with Crippen LogP contribution in [0.5, 0.6) is 5.75 Å². The lowest BCUT2D eigenvalue weighted by molar-refractivity contribution is -0.384. The molecule has 0 heterocycles. The Morgan fingerprint density at radius 1 is 1.17 bits per heavy atom. The van der Waals surface area contributed by atoms with Gasteiger partial charge in [0, 0.05) is 18.7 Å². The van der Waals surface area contributed by atoms with Crippen molar-refractivity contribution in [3.8, 4) is 5.75 Å². The minimum Gasteiger partial charge on any atom is -0.491 e. The number of nitro groups is 1. The Hall–Kier alpha value is -3.14. The Morgan fingerprint density at radius 3 is 2.33 bits per heavy atom. The molecule has 2 aromatic rings. The average molecular weight is 436 g/mol. The third kappa shape index (κ3) is 6.18. The van der Waals surface area contributed by atoms with E-state index in [1.165, 1.54) is 25.1 Å². The lowest BCUT2D eigenvalue weighted by Gasteiger charge is -2.28. The smallest absolute Gasteiger partial charge is 0.271 e. The van der Waals surface area contributed by atoms with E-state index in [0.717, 1.165) is 22.2 Å². The van der Waals surface area contributed by atoms with Crippen molar-refractivity contribution in [2.75, 3.05) is 10.6 Å². The third-order valence-corrected chi connectivity index (χ3v) is 5.39. The number of nitrogens with one attached hydrogen (secondary N) is 1. The molecule has 10 heteroatoms. The van der Waals surface area contributed by atoms with E-state index in [-0.39, 0.29) is 24.0 Å². The second-order valence-electron chi connectivity index (χ2n) is 7.04. The van der Waals surface area contributed by atoms with Gasteiger partial charge in [0.1, 0.15) is 11.8 Å². The number of nitro benzene ring substituents is 1. The molecule has 30 heavy (non-hydrogen) atoms. The van der Waals surface area contributed by atoms with Crippen molar-refractivity contribution in [3.05, 3.63) is 64.2 Å². The summed E-state index contributed by atoms with van der Waals surface area (Å²) in [5.74, 6) is 0.178. The molecule has 2 aromatic carbocycles. The van der Waals surface area contributed by atoms with Gasteiger partial charge in [0.15, 0.2) is 0 Å². The monoisotopic (exact) mass is 435 g/mol. The first-order chi connectivity index (χ1) is 14.0. The molecule has 2 rings (SSSR count). The highest BCUT2D eigenvalue weighted by atomic mass is 32.2. The van der Waals surface area contributed by atoms with Gasteiger partial charge in [0.05, 0.1) is 23.0 Å². The maximum absolute atomic E-state index is 12.6. The van der Waals surface area contributed by atoms with Crippen molar-refractivity contribution < 1.29 is 22.9 Å². The molecule has 0 radical (unpaired) electrons. The number of hydrogen-bond donors (Lipinski definition) is 1. The van der Waals surface area contributed by atoms with Crippen molar-refractivity contribution in [1.29, 1.82) is 0 Å². The van der Waals surface area contributed by atoms with Gasteiger partial charge < -0.3 is 10.1 Å². The second-order valence-corrected chi connectivity index (χ2v) is 8.90. The predicted molar refractivity (Wildman–Crippen MR) is 114 cm³/mol. The van der Waals surface area contributed by atoms with Gasteiger partial charge in [-0.15, -0.1) is 0 Å². The van der Waals surface area contributed by atoms with Gasteiger partial charge in [-0.3, -0.25) is 19.2 Å². The molecule has 1 amide bonds. The van der Waals surface area contributed by atoms with Gasteiger partial charge in [-0.1, -0.05) is 18.2 Å². The third-order valence-electron chi connectivity index (χ3n) is 4.15. The molecule has 0 fully saturated rings. The summed E-state index contributed by atoms with van der Waals surface area (Å²) in [4.78, 5) is 23.0. The fourth-order valence-corrected chi connectivity index (χ4v) is 4.01. The molecule has 0 saturated carbocycles. The van der Waals surface area contributed by atoms with Crippen molar-refractivity contribution in [1.82, 2.24) is 5.32 Å². The lowest BCUT2D eigenvalue weighted by atomic mass is 10.2. The summed E-state index contributed by atoms with van der Waals surface area (Å²) in [5, 5.41) is 13.7. The molecular formula is C20H25N3O6S.